The molecule has 2 heterocycles. The average molecular weight is 416 g/mol. The van der Waals surface area contributed by atoms with E-state index in [1.54, 1.807) is 6.07 Å². The molecule has 0 atom stereocenters. The van der Waals surface area contributed by atoms with Crippen LogP contribution in [-0.4, -0.2) is 20.2 Å². The van der Waals surface area contributed by atoms with Crippen LogP contribution in [0.3, 0.4) is 0 Å². The van der Waals surface area contributed by atoms with E-state index in [0.29, 0.717) is 32.6 Å². The van der Waals surface area contributed by atoms with Crippen molar-refractivity contribution < 1.29 is 0 Å². The van der Waals surface area contributed by atoms with E-state index in [0.717, 1.165) is 15.6 Å². The number of nitrogens with one attached hydrogen (secondary N) is 2. The molecule has 0 saturated heterocycles. The Hall–Kier alpha value is -2.42. The third-order valence-corrected chi connectivity index (χ3v) is 6.30. The minimum absolute atomic E-state index is 0.132. The molecule has 0 saturated carbocycles. The minimum Gasteiger partial charge on any atom is -0.330 e. The second-order valence-corrected chi connectivity index (χ2v) is 8.34. The molecule has 0 spiro atoms. The summed E-state index contributed by atoms with van der Waals surface area (Å²) < 4.78 is 0.785. The van der Waals surface area contributed by atoms with Crippen molar-refractivity contribution in [1.82, 2.24) is 20.2 Å². The second-order valence-electron chi connectivity index (χ2n) is 5.73. The van der Waals surface area contributed by atoms with Crippen molar-refractivity contribution in [2.75, 3.05) is 5.32 Å². The van der Waals surface area contributed by atoms with Crippen LogP contribution in [0.5, 0.6) is 0 Å². The van der Waals surface area contributed by atoms with E-state index in [2.05, 4.69) is 25.5 Å². The molecule has 0 aliphatic carbocycles. The Morgan fingerprint density at radius 3 is 2.93 bits per heavy atom. The zero-order valence-corrected chi connectivity index (χ0v) is 16.6. The van der Waals surface area contributed by atoms with Gasteiger partial charge in [0.05, 0.1) is 16.7 Å². The molecule has 0 unspecified atom stereocenters. The molecule has 0 aliphatic heterocycles. The fourth-order valence-corrected chi connectivity index (χ4v) is 4.32. The summed E-state index contributed by atoms with van der Waals surface area (Å²) in [4.78, 5) is 19.4. The Kier molecular flexibility index (Phi) is 5.11. The second kappa shape index (κ2) is 7.67. The number of aromatic nitrogens is 4. The number of fused-ring (bicyclic) bond motifs is 1. The van der Waals surface area contributed by atoms with Crippen LogP contribution in [0.15, 0.2) is 51.6 Å². The number of thioether (sulfide) groups is 1. The molecule has 0 radical (unpaired) electrons. The molecule has 0 bridgehead atoms. The summed E-state index contributed by atoms with van der Waals surface area (Å²) in [5.41, 5.74) is 2.41. The molecule has 0 amide bonds. The number of rotatable bonds is 5. The summed E-state index contributed by atoms with van der Waals surface area (Å²) in [5, 5.41) is 13.6. The number of nitrogens with zero attached hydrogens (tertiary/aromatic N) is 3. The van der Waals surface area contributed by atoms with Gasteiger partial charge in [0, 0.05) is 10.7 Å². The summed E-state index contributed by atoms with van der Waals surface area (Å²) in [5.74, 6) is 1.12. The molecule has 9 heteroatoms. The maximum Gasteiger partial charge on any atom is 0.258 e. The maximum atomic E-state index is 12.1. The first-order valence-corrected chi connectivity index (χ1v) is 10.2. The number of benzene rings is 2. The Balaban J connectivity index is 1.47. The van der Waals surface area contributed by atoms with Crippen LogP contribution in [-0.2, 0) is 5.75 Å². The molecule has 2 aromatic carbocycles. The number of halogens is 1. The lowest BCUT2D eigenvalue weighted by Crippen LogP contribution is -2.11. The largest absolute Gasteiger partial charge is 0.330 e. The highest BCUT2D eigenvalue weighted by atomic mass is 35.5. The number of hydrogen-bond donors (Lipinski definition) is 2. The zero-order valence-electron chi connectivity index (χ0n) is 14.2. The summed E-state index contributed by atoms with van der Waals surface area (Å²) in [6, 6.07) is 13.0. The lowest BCUT2D eigenvalue weighted by Gasteiger charge is -2.06. The van der Waals surface area contributed by atoms with Gasteiger partial charge in [-0.05, 0) is 36.8 Å². The van der Waals surface area contributed by atoms with Crippen molar-refractivity contribution in [3.8, 4) is 0 Å². The van der Waals surface area contributed by atoms with Crippen LogP contribution in [0.1, 0.15) is 11.4 Å². The zero-order chi connectivity index (χ0) is 18.8. The van der Waals surface area contributed by atoms with Crippen LogP contribution in [0.2, 0.25) is 5.02 Å². The first kappa shape index (κ1) is 18.0. The monoisotopic (exact) mass is 415 g/mol. The Labute approximate surface area is 168 Å². The smallest absolute Gasteiger partial charge is 0.258 e. The summed E-state index contributed by atoms with van der Waals surface area (Å²) in [6.45, 7) is 1.95. The van der Waals surface area contributed by atoms with Gasteiger partial charge in [-0.25, -0.2) is 4.98 Å². The number of anilines is 2. The Morgan fingerprint density at radius 2 is 2.04 bits per heavy atom. The van der Waals surface area contributed by atoms with Gasteiger partial charge in [-0.1, -0.05) is 52.9 Å². The molecular formula is C18H14ClN5OS2. The first-order chi connectivity index (χ1) is 13.1. The Bertz CT molecular complexity index is 1170. The van der Waals surface area contributed by atoms with Crippen LogP contribution < -0.4 is 10.9 Å². The number of aromatic amines is 1. The molecule has 4 rings (SSSR count). The summed E-state index contributed by atoms with van der Waals surface area (Å²) in [7, 11) is 0. The van der Waals surface area contributed by atoms with E-state index in [4.69, 9.17) is 11.6 Å². The van der Waals surface area contributed by atoms with E-state index >= 15 is 0 Å². The SMILES string of the molecule is Cc1c(Cl)cccc1Nc1nnc(SCc2nc3ccccc3c(=O)[nH]2)s1. The molecule has 0 aliphatic rings. The molecule has 2 aromatic heterocycles. The minimum atomic E-state index is -0.132. The average Bonchev–Trinajstić information content (AvgIpc) is 3.11. The van der Waals surface area contributed by atoms with Crippen LogP contribution in [0, 0.1) is 6.92 Å². The van der Waals surface area contributed by atoms with Gasteiger partial charge in [0.1, 0.15) is 5.82 Å². The quantitative estimate of drug-likeness (QED) is 0.456. The van der Waals surface area contributed by atoms with E-state index in [1.807, 2.05) is 43.3 Å². The maximum absolute atomic E-state index is 12.1. The molecule has 4 aromatic rings. The predicted molar refractivity (Wildman–Crippen MR) is 111 cm³/mol. The lowest BCUT2D eigenvalue weighted by atomic mass is 10.2. The Morgan fingerprint density at radius 1 is 1.19 bits per heavy atom. The van der Waals surface area contributed by atoms with Crippen molar-refractivity contribution in [1.29, 1.82) is 0 Å². The molecule has 0 fully saturated rings. The van der Waals surface area contributed by atoms with Crippen molar-refractivity contribution in [3.05, 3.63) is 69.2 Å². The number of para-hydroxylation sites is 1. The highest BCUT2D eigenvalue weighted by Crippen LogP contribution is 2.31. The molecule has 136 valence electrons. The summed E-state index contributed by atoms with van der Waals surface area (Å²) >= 11 is 9.06. The summed E-state index contributed by atoms with van der Waals surface area (Å²) in [6.07, 6.45) is 0. The topological polar surface area (TPSA) is 83.6 Å². The van der Waals surface area contributed by atoms with Crippen molar-refractivity contribution in [3.63, 3.8) is 0 Å². The highest BCUT2D eigenvalue weighted by Gasteiger charge is 2.10. The molecule has 6 nitrogen and oxygen atoms in total. The third-order valence-electron chi connectivity index (χ3n) is 3.91. The highest BCUT2D eigenvalue weighted by molar-refractivity contribution is 8.00. The predicted octanol–water partition coefficient (Wildman–Crippen LogP) is 4.77. The van der Waals surface area contributed by atoms with Crippen LogP contribution in [0.4, 0.5) is 10.8 Å². The molecule has 27 heavy (non-hydrogen) atoms. The van der Waals surface area contributed by atoms with Gasteiger partial charge in [0.15, 0.2) is 4.34 Å². The van der Waals surface area contributed by atoms with Crippen molar-refractivity contribution in [2.24, 2.45) is 0 Å². The third kappa shape index (κ3) is 3.97. The fraction of sp³-hybridized carbons (Fsp3) is 0.111. The fourth-order valence-electron chi connectivity index (χ4n) is 2.51. The lowest BCUT2D eigenvalue weighted by molar-refractivity contribution is 1.00. The number of hydrogen-bond acceptors (Lipinski definition) is 7. The van der Waals surface area contributed by atoms with Crippen molar-refractivity contribution in [2.45, 2.75) is 17.0 Å². The standard InChI is InChI=1S/C18H14ClN5OS2/c1-10-12(19)6-4-8-13(10)21-17-23-24-18(27-17)26-9-15-20-14-7-3-2-5-11(14)16(25)22-15/h2-8H,9H2,1H3,(H,21,23)(H,20,22,25). The van der Waals surface area contributed by atoms with Gasteiger partial charge in [-0.2, -0.15) is 0 Å². The van der Waals surface area contributed by atoms with Gasteiger partial charge in [-0.3, -0.25) is 4.79 Å². The van der Waals surface area contributed by atoms with Gasteiger partial charge in [0.2, 0.25) is 5.13 Å². The molecular weight excluding hydrogens is 402 g/mol. The van der Waals surface area contributed by atoms with Crippen molar-refractivity contribution >= 4 is 56.4 Å². The van der Waals surface area contributed by atoms with Crippen LogP contribution >= 0.6 is 34.7 Å². The normalized spacial score (nSPS) is 11.0. The van der Waals surface area contributed by atoms with E-state index in [1.165, 1.54) is 23.1 Å². The molecule has 2 N–H and O–H groups in total. The van der Waals surface area contributed by atoms with Crippen LogP contribution in [0.25, 0.3) is 10.9 Å². The van der Waals surface area contributed by atoms with E-state index in [9.17, 15) is 4.79 Å². The van der Waals surface area contributed by atoms with Gasteiger partial charge >= 0.3 is 0 Å². The van der Waals surface area contributed by atoms with E-state index in [-0.39, 0.29) is 5.56 Å². The first-order valence-electron chi connectivity index (χ1n) is 8.06. The van der Waals surface area contributed by atoms with Gasteiger partial charge in [-0.15, -0.1) is 10.2 Å². The van der Waals surface area contributed by atoms with Gasteiger partial charge < -0.3 is 10.3 Å². The van der Waals surface area contributed by atoms with Gasteiger partial charge in [0.25, 0.3) is 5.56 Å². The van der Waals surface area contributed by atoms with E-state index < -0.39 is 0 Å². The number of H-pyrrole nitrogens is 1.